The number of nitrogens with zero attached hydrogens (tertiary/aromatic N) is 3. The maximum absolute atomic E-state index is 13.2. The number of halogens is 2. The van der Waals surface area contributed by atoms with Gasteiger partial charge in [0.1, 0.15) is 11.6 Å². The molecule has 0 saturated carbocycles. The molecule has 1 heterocycles. The van der Waals surface area contributed by atoms with E-state index >= 15 is 0 Å². The van der Waals surface area contributed by atoms with Gasteiger partial charge in [-0.25, -0.2) is 13.8 Å². The van der Waals surface area contributed by atoms with E-state index in [1.54, 1.807) is 24.3 Å². The first-order valence-electron chi connectivity index (χ1n) is 6.98. The Morgan fingerprint density at radius 3 is 2.58 bits per heavy atom. The predicted molar refractivity (Wildman–Crippen MR) is 79.3 cm³/mol. The van der Waals surface area contributed by atoms with E-state index < -0.39 is 17.7 Å². The van der Waals surface area contributed by atoms with Crippen molar-refractivity contribution in [1.82, 2.24) is 5.27 Å². The van der Waals surface area contributed by atoms with Crippen molar-refractivity contribution in [2.24, 2.45) is 4.99 Å². The number of benzene rings is 2. The van der Waals surface area contributed by atoms with Gasteiger partial charge < -0.3 is 10.4 Å². The zero-order valence-corrected chi connectivity index (χ0v) is 12.3. The second-order valence-corrected chi connectivity index (χ2v) is 4.92. The summed E-state index contributed by atoms with van der Waals surface area (Å²) in [6.07, 6.45) is 1.35. The van der Waals surface area contributed by atoms with Crippen molar-refractivity contribution in [2.75, 3.05) is 5.32 Å². The fourth-order valence-corrected chi connectivity index (χ4v) is 2.05. The number of hydrogen-bond acceptors (Lipinski definition) is 4. The van der Waals surface area contributed by atoms with E-state index in [0.717, 1.165) is 6.07 Å². The van der Waals surface area contributed by atoms with E-state index in [9.17, 15) is 13.9 Å². The second-order valence-electron chi connectivity index (χ2n) is 4.92. The number of anilines is 1. The Hall–Kier alpha value is -3.29. The number of rotatable bonds is 4. The largest absolute Gasteiger partial charge is 0.846 e. The number of aliphatic imine (C=N–C) groups is 1. The summed E-state index contributed by atoms with van der Waals surface area (Å²) < 4.78 is 32.5. The van der Waals surface area contributed by atoms with Gasteiger partial charge in [-0.3, -0.25) is 4.52 Å². The molecule has 0 aliphatic rings. The van der Waals surface area contributed by atoms with Crippen molar-refractivity contribution in [3.05, 3.63) is 71.9 Å². The van der Waals surface area contributed by atoms with Crippen molar-refractivity contribution < 1.29 is 23.1 Å². The highest BCUT2D eigenvalue weighted by Crippen LogP contribution is 2.10. The number of hydrogen-bond donors (Lipinski definition) is 1. The molecule has 0 fully saturated rings. The van der Waals surface area contributed by atoms with Crippen LogP contribution in [0.4, 0.5) is 20.4 Å². The minimum absolute atomic E-state index is 0.0275. The summed E-state index contributed by atoms with van der Waals surface area (Å²) in [4.78, 5) is 3.70. The molecule has 0 saturated heterocycles. The van der Waals surface area contributed by atoms with Crippen LogP contribution in [0, 0.1) is 11.6 Å². The van der Waals surface area contributed by atoms with Crippen molar-refractivity contribution in [3.8, 4) is 0 Å². The molecule has 1 aromatic heterocycles. The first-order chi connectivity index (χ1) is 11.6. The van der Waals surface area contributed by atoms with Crippen LogP contribution in [0.3, 0.4) is 0 Å². The molecule has 2 aromatic carbocycles. The van der Waals surface area contributed by atoms with Crippen molar-refractivity contribution in [1.29, 1.82) is 0 Å². The molecule has 24 heavy (non-hydrogen) atoms. The van der Waals surface area contributed by atoms with Crippen LogP contribution in [-0.4, -0.2) is 11.3 Å². The molecule has 3 rings (SSSR count). The smallest absolute Gasteiger partial charge is 0.322 e. The van der Waals surface area contributed by atoms with E-state index in [1.165, 1.54) is 23.0 Å². The molecule has 0 spiro atoms. The molecule has 0 aliphatic heterocycles. The average Bonchev–Trinajstić information content (AvgIpc) is 2.94. The Labute approximate surface area is 135 Å². The first kappa shape index (κ1) is 15.6. The van der Waals surface area contributed by atoms with Crippen molar-refractivity contribution in [3.63, 3.8) is 0 Å². The molecule has 0 atom stereocenters. The van der Waals surface area contributed by atoms with Gasteiger partial charge in [-0.05, 0) is 28.9 Å². The summed E-state index contributed by atoms with van der Waals surface area (Å²) in [6.45, 7) is 0.0774. The highest BCUT2D eigenvalue weighted by Gasteiger charge is 2.13. The number of amidine groups is 1. The standard InChI is InChI=1S/C16H12F2N4O2/c17-12-6-11(7-13(18)8-12)9-22-10-15(24-21-22)20-16(23)19-14-4-2-1-3-5-14/h1-8,10H,9H2,(H-,19,20,21,23). The second kappa shape index (κ2) is 6.86. The lowest BCUT2D eigenvalue weighted by Gasteiger charge is -2.11. The highest BCUT2D eigenvalue weighted by molar-refractivity contribution is 5.86. The zero-order valence-electron chi connectivity index (χ0n) is 12.3. The Balaban J connectivity index is 1.69. The predicted octanol–water partition coefficient (Wildman–Crippen LogP) is 1.75. The minimum Gasteiger partial charge on any atom is -0.846 e. The summed E-state index contributed by atoms with van der Waals surface area (Å²) in [5, 5.41) is 18.0. The summed E-state index contributed by atoms with van der Waals surface area (Å²) in [5.41, 5.74) is 0.958. The van der Waals surface area contributed by atoms with Crippen LogP contribution < -0.4 is 15.1 Å². The molecule has 6 nitrogen and oxygen atoms in total. The van der Waals surface area contributed by atoms with Gasteiger partial charge in [0.25, 0.3) is 6.20 Å². The molecule has 0 amide bonds. The third kappa shape index (κ3) is 4.13. The van der Waals surface area contributed by atoms with Gasteiger partial charge in [0.15, 0.2) is 0 Å². The lowest BCUT2D eigenvalue weighted by molar-refractivity contribution is -0.754. The average molecular weight is 330 g/mol. The molecule has 0 bridgehead atoms. The van der Waals surface area contributed by atoms with E-state index in [-0.39, 0.29) is 12.4 Å². The maximum atomic E-state index is 13.2. The highest BCUT2D eigenvalue weighted by atomic mass is 19.1. The van der Waals surface area contributed by atoms with Crippen molar-refractivity contribution in [2.45, 2.75) is 6.54 Å². The molecule has 122 valence electrons. The Bertz CT molecular complexity index is 845. The summed E-state index contributed by atoms with van der Waals surface area (Å²) in [6, 6.07) is 11.3. The summed E-state index contributed by atoms with van der Waals surface area (Å²) in [5.74, 6) is -1.39. The minimum atomic E-state index is -0.679. The number of para-hydroxylation sites is 1. The van der Waals surface area contributed by atoms with Gasteiger partial charge >= 0.3 is 5.88 Å². The fraction of sp³-hybridized carbons (Fsp3) is 0.0625. The lowest BCUT2D eigenvalue weighted by Crippen LogP contribution is -2.35. The Kier molecular flexibility index (Phi) is 4.46. The molecular weight excluding hydrogens is 318 g/mol. The summed E-state index contributed by atoms with van der Waals surface area (Å²) in [7, 11) is 0. The van der Waals surface area contributed by atoms with Gasteiger partial charge in [0.2, 0.25) is 11.8 Å². The van der Waals surface area contributed by atoms with Gasteiger partial charge in [-0.2, -0.15) is 0 Å². The third-order valence-electron chi connectivity index (χ3n) is 3.00. The molecule has 3 aromatic rings. The third-order valence-corrected chi connectivity index (χ3v) is 3.00. The van der Waals surface area contributed by atoms with Gasteiger partial charge in [0, 0.05) is 17.3 Å². The molecule has 0 radical (unpaired) electrons. The normalized spacial score (nSPS) is 11.5. The number of nitrogens with one attached hydrogen (secondary N) is 1. The molecular formula is C16H12F2N4O2. The van der Waals surface area contributed by atoms with E-state index in [4.69, 9.17) is 4.52 Å². The quantitative estimate of drug-likeness (QED) is 0.449. The summed E-state index contributed by atoms with van der Waals surface area (Å²) >= 11 is 0. The van der Waals surface area contributed by atoms with Crippen LogP contribution in [0.15, 0.2) is 64.2 Å². The van der Waals surface area contributed by atoms with Crippen LogP contribution in [0.5, 0.6) is 0 Å². The lowest BCUT2D eigenvalue weighted by atomic mass is 10.2. The van der Waals surface area contributed by atoms with Crippen molar-refractivity contribution >= 4 is 17.6 Å². The van der Waals surface area contributed by atoms with Crippen LogP contribution in [-0.2, 0) is 6.54 Å². The number of aromatic nitrogens is 2. The SMILES string of the molecule is [O-]/C(=N\c1c[n+](Cc2cc(F)cc(F)c2)no1)Nc1ccccc1. The molecule has 0 unspecified atom stereocenters. The van der Waals surface area contributed by atoms with E-state index in [0.29, 0.717) is 11.3 Å². The van der Waals surface area contributed by atoms with E-state index in [2.05, 4.69) is 15.6 Å². The zero-order chi connectivity index (χ0) is 16.9. The molecule has 1 N–H and O–H groups in total. The molecule has 0 aliphatic carbocycles. The monoisotopic (exact) mass is 330 g/mol. The first-order valence-corrected chi connectivity index (χ1v) is 6.98. The van der Waals surface area contributed by atoms with Gasteiger partial charge in [-0.15, -0.1) is 0 Å². The topological polar surface area (TPSA) is 77.4 Å². The Morgan fingerprint density at radius 1 is 1.17 bits per heavy atom. The van der Waals surface area contributed by atoms with Crippen LogP contribution in [0.1, 0.15) is 5.56 Å². The van der Waals surface area contributed by atoms with Crippen LogP contribution >= 0.6 is 0 Å². The van der Waals surface area contributed by atoms with Crippen LogP contribution in [0.2, 0.25) is 0 Å². The van der Waals surface area contributed by atoms with Gasteiger partial charge in [0.05, 0.1) is 6.02 Å². The van der Waals surface area contributed by atoms with Crippen LogP contribution in [0.25, 0.3) is 0 Å². The Morgan fingerprint density at radius 2 is 1.88 bits per heavy atom. The molecule has 8 heteroatoms. The van der Waals surface area contributed by atoms with Gasteiger partial charge in [-0.1, -0.05) is 18.2 Å². The van der Waals surface area contributed by atoms with E-state index in [1.807, 2.05) is 6.07 Å². The maximum Gasteiger partial charge on any atom is 0.322 e. The fourth-order valence-electron chi connectivity index (χ4n) is 2.05.